The van der Waals surface area contributed by atoms with Crippen LogP contribution in [0.4, 0.5) is 0 Å². The molecule has 0 aromatic heterocycles. The molecule has 40 heavy (non-hydrogen) atoms. The average molecular weight is 542 g/mol. The van der Waals surface area contributed by atoms with Gasteiger partial charge in [-0.25, -0.2) is 5.48 Å². The maximum Gasteiger partial charge on any atom is 0.251 e. The fourth-order valence-electron chi connectivity index (χ4n) is 5.98. The van der Waals surface area contributed by atoms with E-state index in [1.165, 1.54) is 0 Å². The Morgan fingerprint density at radius 3 is 2.17 bits per heavy atom. The zero-order chi connectivity index (χ0) is 28.5. The Kier molecular flexibility index (Phi) is 9.72. The third-order valence-corrected chi connectivity index (χ3v) is 7.89. The Morgan fingerprint density at radius 2 is 1.55 bits per heavy atom. The van der Waals surface area contributed by atoms with E-state index in [-0.39, 0.29) is 30.7 Å². The molecule has 0 bridgehead atoms. The number of likely N-dealkylation sites (tertiary alicyclic amines) is 1. The predicted octanol–water partition coefficient (Wildman–Crippen LogP) is 5.10. The molecule has 1 unspecified atom stereocenters. The van der Waals surface area contributed by atoms with Crippen LogP contribution in [0.15, 0.2) is 84.9 Å². The second-order valence-corrected chi connectivity index (χ2v) is 11.0. The Labute approximate surface area is 236 Å². The maximum atomic E-state index is 13.9. The van der Waals surface area contributed by atoms with Crippen LogP contribution in [0.1, 0.15) is 49.0 Å². The zero-order valence-electron chi connectivity index (χ0n) is 23.3. The molecule has 3 aromatic rings. The highest BCUT2D eigenvalue weighted by Crippen LogP contribution is 2.46. The van der Waals surface area contributed by atoms with E-state index in [0.717, 1.165) is 23.1 Å². The molecule has 3 N–H and O–H groups in total. The molecule has 210 valence electrons. The number of rotatable bonds is 12. The summed E-state index contributed by atoms with van der Waals surface area (Å²) in [4.78, 5) is 41.6. The molecule has 3 aromatic carbocycles. The smallest absolute Gasteiger partial charge is 0.251 e. The van der Waals surface area contributed by atoms with Gasteiger partial charge in [0.1, 0.15) is 0 Å². The minimum absolute atomic E-state index is 0.0476. The van der Waals surface area contributed by atoms with Crippen LogP contribution in [-0.2, 0) is 16.0 Å². The van der Waals surface area contributed by atoms with Crippen molar-refractivity contribution in [1.82, 2.24) is 15.7 Å². The maximum absolute atomic E-state index is 13.9. The SMILES string of the molecule is CC(C)C[C@@]1(C(CCNC(=O)c2ccc(-c3ccccc3)cc2)C(=O)NO)CCN(CCc2ccccc2)C1=O. The van der Waals surface area contributed by atoms with E-state index >= 15 is 0 Å². The number of hydrogen-bond donors (Lipinski definition) is 3. The summed E-state index contributed by atoms with van der Waals surface area (Å²) in [6.07, 6.45) is 2.04. The first-order chi connectivity index (χ1) is 19.3. The van der Waals surface area contributed by atoms with Gasteiger partial charge in [-0.1, -0.05) is 86.6 Å². The van der Waals surface area contributed by atoms with E-state index in [0.29, 0.717) is 31.5 Å². The fourth-order valence-corrected chi connectivity index (χ4v) is 5.98. The zero-order valence-corrected chi connectivity index (χ0v) is 23.3. The van der Waals surface area contributed by atoms with Gasteiger partial charge >= 0.3 is 0 Å². The van der Waals surface area contributed by atoms with Gasteiger partial charge in [-0.2, -0.15) is 0 Å². The first-order valence-corrected chi connectivity index (χ1v) is 14.0. The molecule has 1 fully saturated rings. The van der Waals surface area contributed by atoms with E-state index in [9.17, 15) is 19.6 Å². The summed E-state index contributed by atoms with van der Waals surface area (Å²) in [5, 5.41) is 12.5. The van der Waals surface area contributed by atoms with Crippen molar-refractivity contribution in [2.24, 2.45) is 17.3 Å². The predicted molar refractivity (Wildman–Crippen MR) is 155 cm³/mol. The number of nitrogens with zero attached hydrogens (tertiary/aromatic N) is 1. The lowest BCUT2D eigenvalue weighted by molar-refractivity contribution is -0.149. The van der Waals surface area contributed by atoms with Gasteiger partial charge in [0.2, 0.25) is 11.8 Å². The summed E-state index contributed by atoms with van der Waals surface area (Å²) in [6.45, 7) is 5.42. The summed E-state index contributed by atoms with van der Waals surface area (Å²) in [5.41, 5.74) is 4.63. The van der Waals surface area contributed by atoms with E-state index < -0.39 is 17.2 Å². The van der Waals surface area contributed by atoms with Gasteiger partial charge in [0, 0.05) is 25.2 Å². The molecule has 1 aliphatic heterocycles. The number of amides is 3. The van der Waals surface area contributed by atoms with E-state index in [4.69, 9.17) is 0 Å². The van der Waals surface area contributed by atoms with Crippen LogP contribution in [0.2, 0.25) is 0 Å². The summed E-state index contributed by atoms with van der Waals surface area (Å²) in [7, 11) is 0. The van der Waals surface area contributed by atoms with Crippen LogP contribution in [0.5, 0.6) is 0 Å². The Balaban J connectivity index is 1.43. The second kappa shape index (κ2) is 13.4. The highest BCUT2D eigenvalue weighted by molar-refractivity contribution is 5.95. The highest BCUT2D eigenvalue weighted by Gasteiger charge is 2.54. The van der Waals surface area contributed by atoms with Gasteiger partial charge in [-0.05, 0) is 60.4 Å². The quantitative estimate of drug-likeness (QED) is 0.219. The van der Waals surface area contributed by atoms with Gasteiger partial charge < -0.3 is 10.2 Å². The van der Waals surface area contributed by atoms with Crippen LogP contribution in [0.3, 0.4) is 0 Å². The summed E-state index contributed by atoms with van der Waals surface area (Å²) in [6, 6.07) is 27.3. The third kappa shape index (κ3) is 6.77. The molecule has 1 heterocycles. The van der Waals surface area contributed by atoms with Gasteiger partial charge in [0.25, 0.3) is 5.91 Å². The molecule has 7 nitrogen and oxygen atoms in total. The molecule has 4 rings (SSSR count). The van der Waals surface area contributed by atoms with Crippen molar-refractivity contribution in [2.75, 3.05) is 19.6 Å². The number of carbonyl (C=O) groups excluding carboxylic acids is 3. The van der Waals surface area contributed by atoms with Crippen LogP contribution in [0, 0.1) is 17.3 Å². The van der Waals surface area contributed by atoms with Crippen molar-refractivity contribution in [3.63, 3.8) is 0 Å². The molecule has 2 atom stereocenters. The first-order valence-electron chi connectivity index (χ1n) is 14.0. The van der Waals surface area contributed by atoms with Crippen LogP contribution >= 0.6 is 0 Å². The molecular formula is C33H39N3O4. The van der Waals surface area contributed by atoms with Crippen LogP contribution in [-0.4, -0.2) is 47.5 Å². The lowest BCUT2D eigenvalue weighted by Crippen LogP contribution is -2.48. The normalized spacial score (nSPS) is 17.6. The van der Waals surface area contributed by atoms with Crippen molar-refractivity contribution < 1.29 is 19.6 Å². The first kappa shape index (κ1) is 29.0. The number of nitrogens with one attached hydrogen (secondary N) is 2. The Hall–Kier alpha value is -3.97. The summed E-state index contributed by atoms with van der Waals surface area (Å²) < 4.78 is 0. The van der Waals surface area contributed by atoms with Gasteiger partial charge in [-0.15, -0.1) is 0 Å². The average Bonchev–Trinajstić information content (AvgIpc) is 3.29. The highest BCUT2D eigenvalue weighted by atomic mass is 16.5. The van der Waals surface area contributed by atoms with E-state index in [1.54, 1.807) is 17.6 Å². The number of benzene rings is 3. The van der Waals surface area contributed by atoms with Gasteiger partial charge in [0.05, 0.1) is 11.3 Å². The van der Waals surface area contributed by atoms with Crippen molar-refractivity contribution >= 4 is 17.7 Å². The standard InChI is InChI=1S/C33H39N3O4/c1-24(2)23-33(19-22-36(32(33)39)21-18-25-9-5-3-6-10-25)29(31(38)35-40)17-20-34-30(37)28-15-13-27(14-16-28)26-11-7-4-8-12-26/h3-16,24,29,40H,17-23H2,1-2H3,(H,34,37)(H,35,38)/t29?,33-/m1/s1. The molecule has 0 spiro atoms. The lowest BCUT2D eigenvalue weighted by Gasteiger charge is -2.36. The van der Waals surface area contributed by atoms with Crippen LogP contribution in [0.25, 0.3) is 11.1 Å². The topological polar surface area (TPSA) is 98.7 Å². The Morgan fingerprint density at radius 1 is 0.925 bits per heavy atom. The largest absolute Gasteiger partial charge is 0.352 e. The monoisotopic (exact) mass is 541 g/mol. The number of hydrogen-bond acceptors (Lipinski definition) is 4. The molecular weight excluding hydrogens is 502 g/mol. The molecule has 0 radical (unpaired) electrons. The molecule has 3 amide bonds. The molecule has 1 saturated heterocycles. The van der Waals surface area contributed by atoms with Gasteiger partial charge in [-0.3, -0.25) is 19.6 Å². The molecule has 1 aliphatic rings. The van der Waals surface area contributed by atoms with Crippen LogP contribution < -0.4 is 10.8 Å². The van der Waals surface area contributed by atoms with Crippen molar-refractivity contribution in [3.8, 4) is 11.1 Å². The second-order valence-electron chi connectivity index (χ2n) is 11.0. The molecule has 7 heteroatoms. The third-order valence-electron chi connectivity index (χ3n) is 7.89. The number of hydroxylamine groups is 1. The molecule has 0 aliphatic carbocycles. The van der Waals surface area contributed by atoms with E-state index in [2.05, 4.69) is 5.32 Å². The number of carbonyl (C=O) groups is 3. The minimum atomic E-state index is -0.931. The molecule has 0 saturated carbocycles. The minimum Gasteiger partial charge on any atom is -0.352 e. The van der Waals surface area contributed by atoms with E-state index in [1.807, 2.05) is 91.5 Å². The van der Waals surface area contributed by atoms with Crippen molar-refractivity contribution in [3.05, 3.63) is 96.1 Å². The van der Waals surface area contributed by atoms with Gasteiger partial charge in [0.15, 0.2) is 0 Å². The summed E-state index contributed by atoms with van der Waals surface area (Å²) >= 11 is 0. The lowest BCUT2D eigenvalue weighted by atomic mass is 9.67. The van der Waals surface area contributed by atoms with Crippen molar-refractivity contribution in [1.29, 1.82) is 0 Å². The fraction of sp³-hybridized carbons (Fsp3) is 0.364. The Bertz CT molecular complexity index is 1280. The van der Waals surface area contributed by atoms with Crippen molar-refractivity contribution in [2.45, 2.75) is 39.5 Å². The summed E-state index contributed by atoms with van der Waals surface area (Å²) in [5.74, 6) is -1.48.